The van der Waals surface area contributed by atoms with Crippen molar-refractivity contribution >= 4 is 11.6 Å². The Balaban J connectivity index is 1.37. The lowest BCUT2D eigenvalue weighted by Gasteiger charge is -2.31. The molecule has 6 nitrogen and oxygen atoms in total. The molecule has 0 aliphatic carbocycles. The van der Waals surface area contributed by atoms with Gasteiger partial charge in [-0.15, -0.1) is 0 Å². The summed E-state index contributed by atoms with van der Waals surface area (Å²) < 4.78 is 1.86. The molecule has 3 rings (SSSR count). The second kappa shape index (κ2) is 7.87. The van der Waals surface area contributed by atoms with Crippen LogP contribution in [-0.2, 0) is 11.3 Å². The first kappa shape index (κ1) is 15.7. The van der Waals surface area contributed by atoms with E-state index >= 15 is 0 Å². The molecule has 1 N–H and O–H groups in total. The molecule has 23 heavy (non-hydrogen) atoms. The van der Waals surface area contributed by atoms with Crippen LogP contribution in [0.4, 0.5) is 5.69 Å². The smallest absolute Gasteiger partial charge is 0.227 e. The number of benzene rings is 1. The van der Waals surface area contributed by atoms with Gasteiger partial charge in [-0.25, -0.2) is 4.98 Å². The maximum atomic E-state index is 12.3. The molecule has 0 unspecified atom stereocenters. The minimum absolute atomic E-state index is 0.127. The molecule has 1 aromatic carbocycles. The number of carbonyl (C=O) groups excluding carboxylic acids is 1. The molecule has 2 heterocycles. The van der Waals surface area contributed by atoms with Crippen molar-refractivity contribution in [2.75, 3.05) is 25.0 Å². The first-order valence-electron chi connectivity index (χ1n) is 8.22. The number of hydrogen-bond acceptors (Lipinski definition) is 4. The van der Waals surface area contributed by atoms with Gasteiger partial charge < -0.3 is 10.2 Å². The zero-order valence-electron chi connectivity index (χ0n) is 13.3. The lowest BCUT2D eigenvalue weighted by Crippen LogP contribution is -2.38. The van der Waals surface area contributed by atoms with E-state index in [1.54, 1.807) is 12.7 Å². The van der Waals surface area contributed by atoms with Crippen molar-refractivity contribution < 1.29 is 4.79 Å². The van der Waals surface area contributed by atoms with Gasteiger partial charge in [0.05, 0.1) is 0 Å². The van der Waals surface area contributed by atoms with Gasteiger partial charge in [0, 0.05) is 18.2 Å². The SMILES string of the molecule is O=C(Nc1ccccc1)C1CCN(CCCn2cncn2)CC1. The molecule has 0 saturated carbocycles. The van der Waals surface area contributed by atoms with Gasteiger partial charge in [0.25, 0.3) is 0 Å². The topological polar surface area (TPSA) is 63.1 Å². The minimum Gasteiger partial charge on any atom is -0.326 e. The maximum Gasteiger partial charge on any atom is 0.227 e. The zero-order valence-corrected chi connectivity index (χ0v) is 13.3. The first-order valence-corrected chi connectivity index (χ1v) is 8.22. The van der Waals surface area contributed by atoms with Crippen molar-refractivity contribution in [3.8, 4) is 0 Å². The number of piperidine rings is 1. The molecule has 1 amide bonds. The van der Waals surface area contributed by atoms with Crippen molar-refractivity contribution in [1.82, 2.24) is 19.7 Å². The summed E-state index contributed by atoms with van der Waals surface area (Å²) in [5.41, 5.74) is 0.882. The molecular formula is C17H23N5O. The number of rotatable bonds is 6. The van der Waals surface area contributed by atoms with Gasteiger partial charge in [0.15, 0.2) is 0 Å². The van der Waals surface area contributed by atoms with E-state index in [4.69, 9.17) is 0 Å². The second-order valence-corrected chi connectivity index (χ2v) is 5.98. The Morgan fingerprint density at radius 2 is 1.96 bits per heavy atom. The number of anilines is 1. The number of amides is 1. The van der Waals surface area contributed by atoms with Gasteiger partial charge in [-0.3, -0.25) is 9.48 Å². The van der Waals surface area contributed by atoms with E-state index in [1.165, 1.54) is 0 Å². The lowest BCUT2D eigenvalue weighted by atomic mass is 9.95. The number of nitrogens with one attached hydrogen (secondary N) is 1. The Kier molecular flexibility index (Phi) is 5.37. The van der Waals surface area contributed by atoms with E-state index in [0.717, 1.165) is 51.1 Å². The van der Waals surface area contributed by atoms with Crippen LogP contribution < -0.4 is 5.32 Å². The Morgan fingerprint density at radius 3 is 2.65 bits per heavy atom. The molecule has 0 radical (unpaired) electrons. The summed E-state index contributed by atoms with van der Waals surface area (Å²) >= 11 is 0. The van der Waals surface area contributed by atoms with E-state index in [1.807, 2.05) is 35.0 Å². The molecule has 0 bridgehead atoms. The highest BCUT2D eigenvalue weighted by molar-refractivity contribution is 5.92. The number of aromatic nitrogens is 3. The first-order chi connectivity index (χ1) is 11.3. The molecule has 0 spiro atoms. The number of hydrogen-bond donors (Lipinski definition) is 1. The van der Waals surface area contributed by atoms with Crippen molar-refractivity contribution in [2.24, 2.45) is 5.92 Å². The van der Waals surface area contributed by atoms with Crippen LogP contribution in [0.25, 0.3) is 0 Å². The largest absolute Gasteiger partial charge is 0.326 e. The number of aryl methyl sites for hydroxylation is 1. The summed E-state index contributed by atoms with van der Waals surface area (Å²) in [6.07, 6.45) is 6.24. The fourth-order valence-corrected chi connectivity index (χ4v) is 2.99. The normalized spacial score (nSPS) is 16.3. The monoisotopic (exact) mass is 313 g/mol. The summed E-state index contributed by atoms with van der Waals surface area (Å²) in [4.78, 5) is 18.7. The highest BCUT2D eigenvalue weighted by atomic mass is 16.1. The third kappa shape index (κ3) is 4.63. The Hall–Kier alpha value is -2.21. The van der Waals surface area contributed by atoms with Crippen LogP contribution in [0.15, 0.2) is 43.0 Å². The quantitative estimate of drug-likeness (QED) is 0.886. The third-order valence-corrected chi connectivity index (χ3v) is 4.33. The Bertz CT molecular complexity index is 591. The number of carbonyl (C=O) groups is 1. The molecule has 1 fully saturated rings. The summed E-state index contributed by atoms with van der Waals surface area (Å²) in [6, 6.07) is 9.68. The van der Waals surface area contributed by atoms with Gasteiger partial charge in [-0.2, -0.15) is 5.10 Å². The highest BCUT2D eigenvalue weighted by Gasteiger charge is 2.24. The van der Waals surface area contributed by atoms with Crippen molar-refractivity contribution in [2.45, 2.75) is 25.8 Å². The Labute approximate surface area is 136 Å². The molecule has 1 aliphatic heterocycles. The summed E-state index contributed by atoms with van der Waals surface area (Å²) in [5.74, 6) is 0.278. The van der Waals surface area contributed by atoms with Crippen LogP contribution in [-0.4, -0.2) is 45.2 Å². The van der Waals surface area contributed by atoms with Crippen LogP contribution in [0.3, 0.4) is 0 Å². The molecule has 1 aliphatic rings. The summed E-state index contributed by atoms with van der Waals surface area (Å²) in [7, 11) is 0. The van der Waals surface area contributed by atoms with Gasteiger partial charge in [-0.1, -0.05) is 18.2 Å². The second-order valence-electron chi connectivity index (χ2n) is 5.98. The van der Waals surface area contributed by atoms with E-state index < -0.39 is 0 Å². The van der Waals surface area contributed by atoms with Crippen LogP contribution in [0, 0.1) is 5.92 Å². The molecule has 2 aromatic rings. The van der Waals surface area contributed by atoms with Gasteiger partial charge >= 0.3 is 0 Å². The van der Waals surface area contributed by atoms with E-state index in [0.29, 0.717) is 0 Å². The van der Waals surface area contributed by atoms with Gasteiger partial charge in [-0.05, 0) is 51.0 Å². The van der Waals surface area contributed by atoms with Crippen LogP contribution in [0.2, 0.25) is 0 Å². The summed E-state index contributed by atoms with van der Waals surface area (Å²) in [6.45, 7) is 3.93. The lowest BCUT2D eigenvalue weighted by molar-refractivity contribution is -0.121. The highest BCUT2D eigenvalue weighted by Crippen LogP contribution is 2.19. The third-order valence-electron chi connectivity index (χ3n) is 4.33. The van der Waals surface area contributed by atoms with Crippen molar-refractivity contribution in [3.05, 3.63) is 43.0 Å². The van der Waals surface area contributed by atoms with E-state index in [9.17, 15) is 4.79 Å². The van der Waals surface area contributed by atoms with E-state index in [-0.39, 0.29) is 11.8 Å². The number of nitrogens with zero attached hydrogens (tertiary/aromatic N) is 4. The molecule has 0 atom stereocenters. The summed E-state index contributed by atoms with van der Waals surface area (Å²) in [5, 5.41) is 7.12. The van der Waals surface area contributed by atoms with Crippen LogP contribution >= 0.6 is 0 Å². The fraction of sp³-hybridized carbons (Fsp3) is 0.471. The average molecular weight is 313 g/mol. The van der Waals surface area contributed by atoms with Crippen LogP contribution in [0.1, 0.15) is 19.3 Å². The standard InChI is InChI=1S/C17H23N5O/c23-17(20-16-5-2-1-3-6-16)15-7-11-21(12-8-15)9-4-10-22-14-18-13-19-22/h1-3,5-6,13-15H,4,7-12H2,(H,20,23). The molecule has 1 aromatic heterocycles. The number of likely N-dealkylation sites (tertiary alicyclic amines) is 1. The predicted molar refractivity (Wildman–Crippen MR) is 88.9 cm³/mol. The van der Waals surface area contributed by atoms with Crippen LogP contribution in [0.5, 0.6) is 0 Å². The zero-order chi connectivity index (χ0) is 15.9. The average Bonchev–Trinajstić information content (AvgIpc) is 3.10. The van der Waals surface area contributed by atoms with Crippen molar-refractivity contribution in [1.29, 1.82) is 0 Å². The fourth-order valence-electron chi connectivity index (χ4n) is 2.99. The molecule has 6 heteroatoms. The van der Waals surface area contributed by atoms with Gasteiger partial charge in [0.1, 0.15) is 12.7 Å². The predicted octanol–water partition coefficient (Wildman–Crippen LogP) is 2.02. The van der Waals surface area contributed by atoms with E-state index in [2.05, 4.69) is 20.3 Å². The molecule has 122 valence electrons. The molecular weight excluding hydrogens is 290 g/mol. The Morgan fingerprint density at radius 1 is 1.17 bits per heavy atom. The van der Waals surface area contributed by atoms with Crippen molar-refractivity contribution in [3.63, 3.8) is 0 Å². The van der Waals surface area contributed by atoms with Gasteiger partial charge in [0.2, 0.25) is 5.91 Å². The maximum absolute atomic E-state index is 12.3. The minimum atomic E-state index is 0.127. The molecule has 1 saturated heterocycles. The number of para-hydroxylation sites is 1.